The number of furan rings is 1. The first-order chi connectivity index (χ1) is 11.2. The molecule has 0 saturated carbocycles. The Morgan fingerprint density at radius 3 is 2.83 bits per heavy atom. The molecule has 0 aliphatic carbocycles. The molecule has 0 aliphatic rings. The van der Waals surface area contributed by atoms with Crippen LogP contribution in [0.5, 0.6) is 5.75 Å². The number of phenols is 1. The van der Waals surface area contributed by atoms with Gasteiger partial charge in [0.1, 0.15) is 11.4 Å². The van der Waals surface area contributed by atoms with Crippen molar-refractivity contribution >= 4 is 11.4 Å². The fourth-order valence-corrected chi connectivity index (χ4v) is 2.36. The maximum atomic E-state index is 12.5. The van der Waals surface area contributed by atoms with E-state index in [1.54, 1.807) is 48.9 Å². The van der Waals surface area contributed by atoms with Crippen LogP contribution in [0.2, 0.25) is 0 Å². The topological polar surface area (TPSA) is 80.6 Å². The lowest BCUT2D eigenvalue weighted by Gasteiger charge is -2.03. The Labute approximate surface area is 130 Å². The summed E-state index contributed by atoms with van der Waals surface area (Å²) in [4.78, 5) is 16.7. The van der Waals surface area contributed by atoms with Gasteiger partial charge in [-0.05, 0) is 24.3 Å². The zero-order valence-corrected chi connectivity index (χ0v) is 11.9. The van der Waals surface area contributed by atoms with Gasteiger partial charge in [-0.15, -0.1) is 0 Å². The molecule has 0 saturated heterocycles. The number of phenolic OH excluding ortho intramolecular Hbond substituents is 1. The standard InChI is InChI=1S/C17H11N3O3/c21-14-5-2-1-4-12(14)17(22)11-9-18-16-8-13(19-20(16)10-11)15-6-3-7-23-15/h1-10,21H. The summed E-state index contributed by atoms with van der Waals surface area (Å²) in [5.74, 6) is 0.256. The summed E-state index contributed by atoms with van der Waals surface area (Å²) in [6.45, 7) is 0. The van der Waals surface area contributed by atoms with E-state index in [0.717, 1.165) is 0 Å². The number of aromatic nitrogens is 3. The monoisotopic (exact) mass is 305 g/mol. The average Bonchev–Trinajstić information content (AvgIpc) is 3.23. The van der Waals surface area contributed by atoms with Gasteiger partial charge in [-0.2, -0.15) is 5.10 Å². The Morgan fingerprint density at radius 2 is 2.04 bits per heavy atom. The van der Waals surface area contributed by atoms with E-state index in [4.69, 9.17) is 4.42 Å². The van der Waals surface area contributed by atoms with E-state index in [-0.39, 0.29) is 17.1 Å². The molecule has 1 aromatic carbocycles. The molecule has 0 radical (unpaired) electrons. The summed E-state index contributed by atoms with van der Waals surface area (Å²) in [7, 11) is 0. The number of carbonyl (C=O) groups is 1. The Bertz CT molecular complexity index is 1000. The number of rotatable bonds is 3. The highest BCUT2D eigenvalue weighted by Gasteiger charge is 2.15. The number of hydrogen-bond acceptors (Lipinski definition) is 5. The van der Waals surface area contributed by atoms with Crippen molar-refractivity contribution in [2.45, 2.75) is 0 Å². The Morgan fingerprint density at radius 1 is 1.17 bits per heavy atom. The molecule has 0 fully saturated rings. The number of para-hydroxylation sites is 1. The van der Waals surface area contributed by atoms with Crippen molar-refractivity contribution in [2.24, 2.45) is 0 Å². The van der Waals surface area contributed by atoms with Crippen LogP contribution in [-0.2, 0) is 0 Å². The summed E-state index contributed by atoms with van der Waals surface area (Å²) < 4.78 is 6.83. The first kappa shape index (κ1) is 13.3. The fraction of sp³-hybridized carbons (Fsp3) is 0. The molecule has 0 aliphatic heterocycles. The molecule has 0 spiro atoms. The number of benzene rings is 1. The van der Waals surface area contributed by atoms with Gasteiger partial charge in [0.05, 0.1) is 17.4 Å². The van der Waals surface area contributed by atoms with Gasteiger partial charge in [0.2, 0.25) is 0 Å². The zero-order chi connectivity index (χ0) is 15.8. The molecule has 4 aromatic rings. The van der Waals surface area contributed by atoms with Crippen LogP contribution < -0.4 is 0 Å². The Hall–Kier alpha value is -3.41. The number of carbonyl (C=O) groups excluding carboxylic acids is 1. The molecule has 4 rings (SSSR count). The first-order valence-corrected chi connectivity index (χ1v) is 6.94. The summed E-state index contributed by atoms with van der Waals surface area (Å²) in [6, 6.07) is 11.8. The minimum absolute atomic E-state index is 0.0608. The molecule has 3 heterocycles. The van der Waals surface area contributed by atoms with Gasteiger partial charge in [0.25, 0.3) is 0 Å². The minimum atomic E-state index is -0.312. The third-order valence-corrected chi connectivity index (χ3v) is 3.50. The molecule has 6 heteroatoms. The highest BCUT2D eigenvalue weighted by molar-refractivity contribution is 6.10. The lowest BCUT2D eigenvalue weighted by Crippen LogP contribution is -2.04. The fourth-order valence-electron chi connectivity index (χ4n) is 2.36. The van der Waals surface area contributed by atoms with Crippen molar-refractivity contribution in [1.29, 1.82) is 0 Å². The SMILES string of the molecule is O=C(c1cnc2cc(-c3ccco3)nn2c1)c1ccccc1O. The van der Waals surface area contributed by atoms with Crippen molar-refractivity contribution in [3.63, 3.8) is 0 Å². The Balaban J connectivity index is 1.77. The first-order valence-electron chi connectivity index (χ1n) is 6.94. The third-order valence-electron chi connectivity index (χ3n) is 3.50. The van der Waals surface area contributed by atoms with Crippen molar-refractivity contribution in [1.82, 2.24) is 14.6 Å². The molecule has 0 atom stereocenters. The number of ketones is 1. The number of fused-ring (bicyclic) bond motifs is 1. The summed E-state index contributed by atoms with van der Waals surface area (Å²) >= 11 is 0. The number of nitrogens with zero attached hydrogens (tertiary/aromatic N) is 3. The van der Waals surface area contributed by atoms with E-state index in [1.807, 2.05) is 0 Å². The lowest BCUT2D eigenvalue weighted by atomic mass is 10.1. The summed E-state index contributed by atoms with van der Waals surface area (Å²) in [6.07, 6.45) is 4.63. The highest BCUT2D eigenvalue weighted by atomic mass is 16.3. The van der Waals surface area contributed by atoms with E-state index in [1.165, 1.54) is 16.8 Å². The van der Waals surface area contributed by atoms with Crippen LogP contribution in [0.4, 0.5) is 0 Å². The van der Waals surface area contributed by atoms with Crippen molar-refractivity contribution in [3.8, 4) is 17.2 Å². The largest absolute Gasteiger partial charge is 0.507 e. The van der Waals surface area contributed by atoms with Gasteiger partial charge in [-0.25, -0.2) is 9.50 Å². The average molecular weight is 305 g/mol. The molecule has 23 heavy (non-hydrogen) atoms. The van der Waals surface area contributed by atoms with Crippen LogP contribution in [0.15, 0.2) is 65.5 Å². The van der Waals surface area contributed by atoms with E-state index in [0.29, 0.717) is 22.7 Å². The van der Waals surface area contributed by atoms with E-state index >= 15 is 0 Å². The number of aromatic hydroxyl groups is 1. The van der Waals surface area contributed by atoms with Crippen LogP contribution in [0.3, 0.4) is 0 Å². The minimum Gasteiger partial charge on any atom is -0.507 e. The molecule has 3 aromatic heterocycles. The van der Waals surface area contributed by atoms with Crippen molar-refractivity contribution < 1.29 is 14.3 Å². The van der Waals surface area contributed by atoms with Gasteiger partial charge in [0.15, 0.2) is 17.2 Å². The molecule has 6 nitrogen and oxygen atoms in total. The lowest BCUT2D eigenvalue weighted by molar-refractivity contribution is 0.103. The van der Waals surface area contributed by atoms with Crippen LogP contribution in [0.1, 0.15) is 15.9 Å². The molecule has 1 N–H and O–H groups in total. The molecule has 0 amide bonds. The number of hydrogen-bond donors (Lipinski definition) is 1. The van der Waals surface area contributed by atoms with Crippen LogP contribution in [0, 0.1) is 0 Å². The van der Waals surface area contributed by atoms with E-state index < -0.39 is 0 Å². The van der Waals surface area contributed by atoms with Gasteiger partial charge >= 0.3 is 0 Å². The maximum Gasteiger partial charge on any atom is 0.199 e. The van der Waals surface area contributed by atoms with Crippen LogP contribution in [0.25, 0.3) is 17.1 Å². The van der Waals surface area contributed by atoms with E-state index in [2.05, 4.69) is 10.1 Å². The molecule has 112 valence electrons. The molecule has 0 bridgehead atoms. The smallest absolute Gasteiger partial charge is 0.199 e. The summed E-state index contributed by atoms with van der Waals surface area (Å²) in [5.41, 5.74) is 1.81. The molecule has 0 unspecified atom stereocenters. The Kier molecular flexibility index (Phi) is 2.94. The van der Waals surface area contributed by atoms with E-state index in [9.17, 15) is 9.90 Å². The summed E-state index contributed by atoms with van der Waals surface area (Å²) in [5, 5.41) is 14.2. The third kappa shape index (κ3) is 2.26. The molecular weight excluding hydrogens is 294 g/mol. The van der Waals surface area contributed by atoms with Crippen LogP contribution in [-0.4, -0.2) is 25.5 Å². The normalized spacial score (nSPS) is 11.0. The van der Waals surface area contributed by atoms with Crippen molar-refractivity contribution in [3.05, 3.63) is 72.2 Å². The second-order valence-corrected chi connectivity index (χ2v) is 5.00. The maximum absolute atomic E-state index is 12.5. The van der Waals surface area contributed by atoms with Crippen LogP contribution >= 0.6 is 0 Å². The quantitative estimate of drug-likeness (QED) is 0.589. The van der Waals surface area contributed by atoms with Crippen molar-refractivity contribution in [2.75, 3.05) is 0 Å². The predicted molar refractivity (Wildman–Crippen MR) is 82.2 cm³/mol. The zero-order valence-electron chi connectivity index (χ0n) is 11.9. The predicted octanol–water partition coefficient (Wildman–Crippen LogP) is 2.93. The van der Waals surface area contributed by atoms with Gasteiger partial charge < -0.3 is 9.52 Å². The van der Waals surface area contributed by atoms with Gasteiger partial charge in [-0.1, -0.05) is 12.1 Å². The second-order valence-electron chi connectivity index (χ2n) is 5.00. The van der Waals surface area contributed by atoms with Gasteiger partial charge in [-0.3, -0.25) is 4.79 Å². The molecular formula is C17H11N3O3. The highest BCUT2D eigenvalue weighted by Crippen LogP contribution is 2.22. The van der Waals surface area contributed by atoms with Gasteiger partial charge in [0, 0.05) is 18.5 Å². The second kappa shape index (κ2) is 5.10.